The Hall–Kier alpha value is -2.24. The quantitative estimate of drug-likeness (QED) is 0.475. The normalized spacial score (nSPS) is 16.4. The lowest BCUT2D eigenvalue weighted by atomic mass is 9.91. The molecule has 2 aromatic carbocycles. The van der Waals surface area contributed by atoms with Crippen molar-refractivity contribution in [1.82, 2.24) is 10.3 Å². The second kappa shape index (κ2) is 8.02. The van der Waals surface area contributed by atoms with E-state index in [9.17, 15) is 4.79 Å². The number of aromatic amines is 1. The summed E-state index contributed by atoms with van der Waals surface area (Å²) in [6.07, 6.45) is 3.24. The molecule has 1 amide bonds. The van der Waals surface area contributed by atoms with E-state index < -0.39 is 0 Å². The summed E-state index contributed by atoms with van der Waals surface area (Å²) in [6.45, 7) is 4.39. The standard InChI is InChI=1S/C23H27N3OS/c1-14(2)24-17-6-8-21-19(11-17)20-12-18(7-9-22(20)26-21)25-23(27)16-5-3-4-15(10-16)13-28/h3-5,7,9-10,12,14,17,24,26,28H,6,8,11,13H2,1-2H3,(H,25,27). The van der Waals surface area contributed by atoms with Crippen molar-refractivity contribution >= 4 is 35.1 Å². The van der Waals surface area contributed by atoms with Gasteiger partial charge in [-0.3, -0.25) is 4.79 Å². The third kappa shape index (κ3) is 3.96. The van der Waals surface area contributed by atoms with Crippen LogP contribution in [0.5, 0.6) is 0 Å². The molecule has 0 bridgehead atoms. The molecule has 4 rings (SSSR count). The van der Waals surface area contributed by atoms with Crippen molar-refractivity contribution in [3.8, 4) is 0 Å². The molecule has 1 heterocycles. The third-order valence-electron chi connectivity index (χ3n) is 5.39. The maximum Gasteiger partial charge on any atom is 0.255 e. The summed E-state index contributed by atoms with van der Waals surface area (Å²) >= 11 is 4.29. The van der Waals surface area contributed by atoms with Crippen LogP contribution in [0, 0.1) is 0 Å². The second-order valence-electron chi connectivity index (χ2n) is 7.92. The van der Waals surface area contributed by atoms with Crippen LogP contribution in [0.1, 0.15) is 47.4 Å². The Morgan fingerprint density at radius 2 is 2.11 bits per heavy atom. The fourth-order valence-electron chi connectivity index (χ4n) is 4.12. The minimum atomic E-state index is -0.0910. The summed E-state index contributed by atoms with van der Waals surface area (Å²) in [6, 6.07) is 14.7. The van der Waals surface area contributed by atoms with Gasteiger partial charge >= 0.3 is 0 Å². The van der Waals surface area contributed by atoms with Crippen molar-refractivity contribution in [2.45, 2.75) is 50.9 Å². The fraction of sp³-hybridized carbons (Fsp3) is 0.348. The number of benzene rings is 2. The number of carbonyl (C=O) groups is 1. The van der Waals surface area contributed by atoms with Crippen LogP contribution >= 0.6 is 12.6 Å². The predicted octanol–water partition coefficient (Wildman–Crippen LogP) is 4.71. The van der Waals surface area contributed by atoms with Gasteiger partial charge in [0, 0.05) is 45.7 Å². The minimum Gasteiger partial charge on any atom is -0.358 e. The number of nitrogens with one attached hydrogen (secondary N) is 3. The topological polar surface area (TPSA) is 56.9 Å². The molecule has 0 fully saturated rings. The first-order valence-corrected chi connectivity index (χ1v) is 10.6. The molecule has 3 N–H and O–H groups in total. The Morgan fingerprint density at radius 3 is 2.89 bits per heavy atom. The molecule has 1 atom stereocenters. The lowest BCUT2D eigenvalue weighted by Crippen LogP contribution is -2.38. The molecular weight excluding hydrogens is 366 g/mol. The molecule has 1 unspecified atom stereocenters. The summed E-state index contributed by atoms with van der Waals surface area (Å²) in [4.78, 5) is 16.2. The van der Waals surface area contributed by atoms with Gasteiger partial charge in [-0.25, -0.2) is 0 Å². The van der Waals surface area contributed by atoms with Crippen LogP contribution in [0.4, 0.5) is 5.69 Å². The van der Waals surface area contributed by atoms with Crippen molar-refractivity contribution < 1.29 is 4.79 Å². The maximum atomic E-state index is 12.7. The van der Waals surface area contributed by atoms with Gasteiger partial charge in [-0.1, -0.05) is 26.0 Å². The van der Waals surface area contributed by atoms with Gasteiger partial charge in [-0.2, -0.15) is 12.6 Å². The van der Waals surface area contributed by atoms with Gasteiger partial charge < -0.3 is 15.6 Å². The maximum absolute atomic E-state index is 12.7. The zero-order valence-electron chi connectivity index (χ0n) is 16.4. The second-order valence-corrected chi connectivity index (χ2v) is 8.23. The zero-order chi connectivity index (χ0) is 19.7. The number of thiol groups is 1. The molecule has 4 nitrogen and oxygen atoms in total. The Bertz CT molecular complexity index is 1010. The lowest BCUT2D eigenvalue weighted by Gasteiger charge is -2.25. The van der Waals surface area contributed by atoms with Gasteiger partial charge in [0.2, 0.25) is 0 Å². The molecule has 28 heavy (non-hydrogen) atoms. The average Bonchev–Trinajstić information content (AvgIpc) is 3.05. The van der Waals surface area contributed by atoms with Gasteiger partial charge in [0.15, 0.2) is 0 Å². The van der Waals surface area contributed by atoms with Crippen LogP contribution < -0.4 is 10.6 Å². The molecule has 1 aromatic heterocycles. The molecule has 5 heteroatoms. The smallest absolute Gasteiger partial charge is 0.255 e. The number of carbonyl (C=O) groups excluding carboxylic acids is 1. The molecule has 1 aliphatic rings. The Kier molecular flexibility index (Phi) is 5.47. The number of hydrogen-bond donors (Lipinski definition) is 4. The van der Waals surface area contributed by atoms with Crippen LogP contribution in [0.2, 0.25) is 0 Å². The highest BCUT2D eigenvalue weighted by Gasteiger charge is 2.23. The highest BCUT2D eigenvalue weighted by molar-refractivity contribution is 7.79. The molecule has 0 aliphatic heterocycles. The van der Waals surface area contributed by atoms with E-state index >= 15 is 0 Å². The van der Waals surface area contributed by atoms with Gasteiger partial charge in [0.1, 0.15) is 0 Å². The molecule has 0 radical (unpaired) electrons. The number of amides is 1. The number of rotatable bonds is 5. The SMILES string of the molecule is CC(C)NC1CCc2[nH]c3ccc(NC(=O)c4cccc(CS)c4)cc3c2C1. The molecule has 3 aromatic rings. The minimum absolute atomic E-state index is 0.0910. The molecular formula is C23H27N3OS. The predicted molar refractivity (Wildman–Crippen MR) is 119 cm³/mol. The molecule has 0 saturated carbocycles. The van der Waals surface area contributed by atoms with Crippen LogP contribution in [0.15, 0.2) is 42.5 Å². The Labute approximate surface area is 171 Å². The number of fused-ring (bicyclic) bond motifs is 3. The number of aromatic nitrogens is 1. The monoisotopic (exact) mass is 393 g/mol. The van der Waals surface area contributed by atoms with E-state index in [1.165, 1.54) is 16.6 Å². The Balaban J connectivity index is 1.58. The number of hydrogen-bond acceptors (Lipinski definition) is 3. The number of H-pyrrole nitrogens is 1. The van der Waals surface area contributed by atoms with Gasteiger partial charge in [-0.15, -0.1) is 0 Å². The van der Waals surface area contributed by atoms with E-state index in [4.69, 9.17) is 0 Å². The zero-order valence-corrected chi connectivity index (χ0v) is 17.3. The van der Waals surface area contributed by atoms with Crippen LogP contribution in [0.25, 0.3) is 10.9 Å². The highest BCUT2D eigenvalue weighted by Crippen LogP contribution is 2.31. The fourth-order valence-corrected chi connectivity index (χ4v) is 4.32. The van der Waals surface area contributed by atoms with E-state index in [0.29, 0.717) is 23.4 Å². The van der Waals surface area contributed by atoms with E-state index in [1.807, 2.05) is 30.3 Å². The summed E-state index contributed by atoms with van der Waals surface area (Å²) in [5.74, 6) is 0.528. The largest absolute Gasteiger partial charge is 0.358 e. The first kappa shape index (κ1) is 19.1. The summed E-state index contributed by atoms with van der Waals surface area (Å²) in [5, 5.41) is 7.93. The van der Waals surface area contributed by atoms with Crippen molar-refractivity contribution in [2.24, 2.45) is 0 Å². The van der Waals surface area contributed by atoms with Gasteiger partial charge in [0.25, 0.3) is 5.91 Å². The van der Waals surface area contributed by atoms with Crippen molar-refractivity contribution in [3.05, 3.63) is 64.8 Å². The van der Waals surface area contributed by atoms with Gasteiger partial charge in [0.05, 0.1) is 0 Å². The van der Waals surface area contributed by atoms with Crippen LogP contribution in [-0.4, -0.2) is 23.0 Å². The van der Waals surface area contributed by atoms with Crippen molar-refractivity contribution in [2.75, 3.05) is 5.32 Å². The molecule has 0 saturated heterocycles. The molecule has 0 spiro atoms. The van der Waals surface area contributed by atoms with Crippen molar-refractivity contribution in [3.63, 3.8) is 0 Å². The van der Waals surface area contributed by atoms with E-state index in [1.54, 1.807) is 0 Å². The third-order valence-corrected chi connectivity index (χ3v) is 5.75. The average molecular weight is 394 g/mol. The highest BCUT2D eigenvalue weighted by atomic mass is 32.1. The summed E-state index contributed by atoms with van der Waals surface area (Å²) in [7, 11) is 0. The Morgan fingerprint density at radius 1 is 1.25 bits per heavy atom. The number of aryl methyl sites for hydroxylation is 1. The van der Waals surface area contributed by atoms with Crippen LogP contribution in [0.3, 0.4) is 0 Å². The molecule has 1 aliphatic carbocycles. The van der Waals surface area contributed by atoms with Crippen molar-refractivity contribution in [1.29, 1.82) is 0 Å². The van der Waals surface area contributed by atoms with Crippen LogP contribution in [-0.2, 0) is 18.6 Å². The first-order valence-electron chi connectivity index (χ1n) is 9.94. The summed E-state index contributed by atoms with van der Waals surface area (Å²) < 4.78 is 0. The first-order chi connectivity index (χ1) is 13.5. The van der Waals surface area contributed by atoms with E-state index in [-0.39, 0.29) is 5.91 Å². The van der Waals surface area contributed by atoms with Gasteiger partial charge in [-0.05, 0) is 60.7 Å². The van der Waals surface area contributed by atoms with E-state index in [0.717, 1.165) is 36.0 Å². The lowest BCUT2D eigenvalue weighted by molar-refractivity contribution is 0.102. The van der Waals surface area contributed by atoms with E-state index in [2.05, 4.69) is 54.2 Å². The summed E-state index contributed by atoms with van der Waals surface area (Å²) in [5.41, 5.74) is 6.38. The molecule has 146 valence electrons. The number of anilines is 1.